The number of rotatable bonds is 7. The summed E-state index contributed by atoms with van der Waals surface area (Å²) in [6, 6.07) is 0. The molecule has 0 aliphatic carbocycles. The Kier molecular flexibility index (Phi) is 17.2. The predicted molar refractivity (Wildman–Crippen MR) is 53.8 cm³/mol. The molecular weight excluding hydrogens is 250 g/mol. The minimum atomic E-state index is -4.23. The molecule has 0 radical (unpaired) electrons. The van der Waals surface area contributed by atoms with Crippen molar-refractivity contribution in [2.45, 2.75) is 45.3 Å². The SMILES string of the molecule is [CH2-]C(CS(=O)(=O)[O-])OC(C)CCCC.[Na+].[Na+]. The van der Waals surface area contributed by atoms with Crippen LogP contribution < -0.4 is 59.1 Å². The Balaban J connectivity index is -0.000000845. The van der Waals surface area contributed by atoms with E-state index >= 15 is 0 Å². The van der Waals surface area contributed by atoms with E-state index in [2.05, 4.69) is 13.8 Å². The normalized spacial score (nSPS) is 14.5. The standard InChI is InChI=1S/C9H19O4S.2Na/c1-4-5-6-8(2)13-9(3)7-14(10,11)12;;/h8-9H,3-7H2,1-2H3,(H,10,11,12);;/q-1;2*+1/p-1. The van der Waals surface area contributed by atoms with Crippen LogP contribution in [0.4, 0.5) is 0 Å². The monoisotopic (exact) mass is 268 g/mol. The summed E-state index contributed by atoms with van der Waals surface area (Å²) < 4.78 is 36.3. The van der Waals surface area contributed by atoms with Crippen LogP contribution in [0.5, 0.6) is 0 Å². The summed E-state index contributed by atoms with van der Waals surface area (Å²) in [6.45, 7) is 7.39. The molecule has 2 atom stereocenters. The summed E-state index contributed by atoms with van der Waals surface area (Å²) >= 11 is 0. The van der Waals surface area contributed by atoms with Crippen molar-refractivity contribution in [2.75, 3.05) is 5.75 Å². The second kappa shape index (κ2) is 11.9. The summed E-state index contributed by atoms with van der Waals surface area (Å²) in [4.78, 5) is 0. The van der Waals surface area contributed by atoms with Gasteiger partial charge >= 0.3 is 59.1 Å². The van der Waals surface area contributed by atoms with E-state index in [0.717, 1.165) is 19.3 Å². The van der Waals surface area contributed by atoms with E-state index in [1.165, 1.54) is 0 Å². The first-order chi connectivity index (χ1) is 6.35. The van der Waals surface area contributed by atoms with Crippen LogP contribution in [0.15, 0.2) is 0 Å². The Bertz CT molecular complexity index is 244. The fourth-order valence-electron chi connectivity index (χ4n) is 1.16. The molecule has 0 aromatic heterocycles. The second-order valence-corrected chi connectivity index (χ2v) is 4.88. The number of hydrogen-bond acceptors (Lipinski definition) is 4. The fraction of sp³-hybridized carbons (Fsp3) is 0.889. The maximum absolute atomic E-state index is 10.4. The Morgan fingerprint density at radius 1 is 1.38 bits per heavy atom. The molecule has 0 spiro atoms. The smallest absolute Gasteiger partial charge is 0.748 e. The van der Waals surface area contributed by atoms with Crippen LogP contribution in [-0.2, 0) is 14.9 Å². The van der Waals surface area contributed by atoms with E-state index in [-0.39, 0.29) is 65.2 Å². The van der Waals surface area contributed by atoms with Gasteiger partial charge in [-0.3, -0.25) is 0 Å². The van der Waals surface area contributed by atoms with Crippen LogP contribution in [0.2, 0.25) is 0 Å². The summed E-state index contributed by atoms with van der Waals surface area (Å²) in [6.07, 6.45) is 2.15. The summed E-state index contributed by atoms with van der Waals surface area (Å²) in [5.74, 6) is -0.552. The first kappa shape index (κ1) is 23.0. The first-order valence-electron chi connectivity index (χ1n) is 4.77. The van der Waals surface area contributed by atoms with Gasteiger partial charge in [0.15, 0.2) is 0 Å². The molecule has 0 amide bonds. The van der Waals surface area contributed by atoms with Crippen molar-refractivity contribution >= 4 is 10.1 Å². The van der Waals surface area contributed by atoms with Gasteiger partial charge in [0, 0.05) is 5.75 Å². The van der Waals surface area contributed by atoms with Gasteiger partial charge in [-0.05, 0) is 13.3 Å². The zero-order valence-corrected chi connectivity index (χ0v) is 15.5. The van der Waals surface area contributed by atoms with Crippen LogP contribution in [0.3, 0.4) is 0 Å². The zero-order valence-electron chi connectivity index (χ0n) is 10.7. The largest absolute Gasteiger partial charge is 1.00 e. The van der Waals surface area contributed by atoms with Crippen molar-refractivity contribution in [1.82, 2.24) is 0 Å². The van der Waals surface area contributed by atoms with E-state index in [1.54, 1.807) is 0 Å². The molecule has 0 rings (SSSR count). The fourth-order valence-corrected chi connectivity index (χ4v) is 1.69. The van der Waals surface area contributed by atoms with Gasteiger partial charge in [0.1, 0.15) is 0 Å². The topological polar surface area (TPSA) is 66.4 Å². The Morgan fingerprint density at radius 2 is 1.88 bits per heavy atom. The average molecular weight is 268 g/mol. The van der Waals surface area contributed by atoms with Crippen LogP contribution in [0.1, 0.15) is 33.1 Å². The van der Waals surface area contributed by atoms with E-state index < -0.39 is 22.0 Å². The van der Waals surface area contributed by atoms with Crippen molar-refractivity contribution in [2.24, 2.45) is 0 Å². The number of hydrogen-bond donors (Lipinski definition) is 0. The molecule has 0 saturated carbocycles. The van der Waals surface area contributed by atoms with Crippen molar-refractivity contribution in [3.05, 3.63) is 6.92 Å². The van der Waals surface area contributed by atoms with Gasteiger partial charge in [0.05, 0.1) is 16.2 Å². The van der Waals surface area contributed by atoms with Gasteiger partial charge in [-0.15, -0.1) is 0 Å². The molecular formula is C9H18Na2O4S. The molecule has 7 heteroatoms. The molecule has 0 saturated heterocycles. The van der Waals surface area contributed by atoms with E-state index in [0.29, 0.717) is 0 Å². The third-order valence-electron chi connectivity index (χ3n) is 1.78. The second-order valence-electron chi connectivity index (χ2n) is 3.44. The molecule has 16 heavy (non-hydrogen) atoms. The van der Waals surface area contributed by atoms with Crippen LogP contribution in [0.25, 0.3) is 0 Å². The predicted octanol–water partition coefficient (Wildman–Crippen LogP) is -4.66. The molecule has 0 aliphatic heterocycles. The van der Waals surface area contributed by atoms with Gasteiger partial charge in [-0.25, -0.2) is 8.42 Å². The van der Waals surface area contributed by atoms with Gasteiger partial charge in [0.2, 0.25) is 0 Å². The van der Waals surface area contributed by atoms with E-state index in [4.69, 9.17) is 4.74 Å². The number of ether oxygens (including phenoxy) is 1. The minimum absolute atomic E-state index is 0. The minimum Gasteiger partial charge on any atom is -0.748 e. The Morgan fingerprint density at radius 3 is 2.25 bits per heavy atom. The molecule has 0 aromatic carbocycles. The quantitative estimate of drug-likeness (QED) is 0.264. The van der Waals surface area contributed by atoms with E-state index in [9.17, 15) is 13.0 Å². The van der Waals surface area contributed by atoms with Crippen LogP contribution in [-0.4, -0.2) is 30.9 Å². The number of unbranched alkanes of at least 4 members (excludes halogenated alkanes) is 1. The summed E-state index contributed by atoms with van der Waals surface area (Å²) in [5, 5.41) is 0. The molecule has 0 N–H and O–H groups in total. The van der Waals surface area contributed by atoms with Gasteiger partial charge < -0.3 is 16.2 Å². The Labute approximate surface area is 143 Å². The van der Waals surface area contributed by atoms with E-state index in [1.807, 2.05) is 6.92 Å². The van der Waals surface area contributed by atoms with Gasteiger partial charge in [-0.1, -0.05) is 25.9 Å². The molecule has 0 aromatic rings. The van der Waals surface area contributed by atoms with Crippen LogP contribution >= 0.6 is 0 Å². The molecule has 0 fully saturated rings. The third kappa shape index (κ3) is 15.9. The Hall–Kier alpha value is 1.87. The van der Waals surface area contributed by atoms with Crippen molar-refractivity contribution < 1.29 is 76.8 Å². The molecule has 0 heterocycles. The summed E-state index contributed by atoms with van der Waals surface area (Å²) in [5.41, 5.74) is 0. The molecule has 86 valence electrons. The molecule has 4 nitrogen and oxygen atoms in total. The van der Waals surface area contributed by atoms with Crippen molar-refractivity contribution in [1.29, 1.82) is 0 Å². The van der Waals surface area contributed by atoms with Crippen molar-refractivity contribution in [3.63, 3.8) is 0 Å². The maximum Gasteiger partial charge on any atom is 1.00 e. The molecule has 2 unspecified atom stereocenters. The zero-order chi connectivity index (χ0) is 11.2. The van der Waals surface area contributed by atoms with Crippen LogP contribution in [0, 0.1) is 6.92 Å². The average Bonchev–Trinajstić information content (AvgIpc) is 1.96. The van der Waals surface area contributed by atoms with Crippen molar-refractivity contribution in [3.8, 4) is 0 Å². The molecule has 0 aliphatic rings. The first-order valence-corrected chi connectivity index (χ1v) is 6.35. The van der Waals surface area contributed by atoms with Gasteiger partial charge in [0.25, 0.3) is 0 Å². The molecule has 0 bridgehead atoms. The summed E-state index contributed by atoms with van der Waals surface area (Å²) in [7, 11) is -4.23. The maximum atomic E-state index is 10.4. The van der Waals surface area contributed by atoms with Gasteiger partial charge in [-0.2, -0.15) is 0 Å². The third-order valence-corrected chi connectivity index (χ3v) is 2.56.